The van der Waals surface area contributed by atoms with E-state index in [1.807, 2.05) is 9.80 Å². The number of carbonyl (C=O) groups excluding carboxylic acids is 2. The largest absolute Gasteiger partial charge is 0.343 e. The van der Waals surface area contributed by atoms with E-state index in [9.17, 15) is 9.59 Å². The average Bonchev–Trinajstić information content (AvgIpc) is 2.95. The molecule has 0 bridgehead atoms. The molecule has 1 heterocycles. The van der Waals surface area contributed by atoms with E-state index < -0.39 is 0 Å². The summed E-state index contributed by atoms with van der Waals surface area (Å²) >= 11 is 0. The molecule has 6 heteroatoms. The highest BCUT2D eigenvalue weighted by Gasteiger charge is 2.24. The number of nitrogens with zero attached hydrogens (tertiary/aromatic N) is 2. The van der Waals surface area contributed by atoms with Gasteiger partial charge in [-0.05, 0) is 38.1 Å². The molecule has 0 aromatic carbocycles. The van der Waals surface area contributed by atoms with Gasteiger partial charge in [0.2, 0.25) is 11.8 Å². The Balaban J connectivity index is 0.00000441. The Hall–Kier alpha value is -0.810. The van der Waals surface area contributed by atoms with Gasteiger partial charge in [-0.25, -0.2) is 0 Å². The van der Waals surface area contributed by atoms with Gasteiger partial charge in [0.15, 0.2) is 0 Å². The van der Waals surface area contributed by atoms with Crippen LogP contribution in [0.2, 0.25) is 0 Å². The first-order valence-electron chi connectivity index (χ1n) is 8.37. The number of hydrogen-bond acceptors (Lipinski definition) is 3. The van der Waals surface area contributed by atoms with Crippen LogP contribution in [-0.4, -0.2) is 54.3 Å². The molecular weight excluding hydrogens is 302 g/mol. The van der Waals surface area contributed by atoms with Gasteiger partial charge >= 0.3 is 0 Å². The average molecular weight is 334 g/mol. The van der Waals surface area contributed by atoms with Gasteiger partial charge in [0, 0.05) is 39.0 Å². The molecule has 2 amide bonds. The van der Waals surface area contributed by atoms with Crippen LogP contribution in [0, 0.1) is 5.92 Å². The van der Waals surface area contributed by atoms with Crippen LogP contribution in [0.15, 0.2) is 0 Å². The molecule has 0 radical (unpaired) electrons. The van der Waals surface area contributed by atoms with Crippen molar-refractivity contribution in [2.24, 2.45) is 11.7 Å². The van der Waals surface area contributed by atoms with E-state index in [2.05, 4.69) is 13.8 Å². The smallest absolute Gasteiger partial charge is 0.222 e. The molecule has 5 nitrogen and oxygen atoms in total. The number of nitrogens with two attached hydrogens (primary N) is 1. The summed E-state index contributed by atoms with van der Waals surface area (Å²) in [6, 6.07) is 0. The lowest BCUT2D eigenvalue weighted by atomic mass is 10.1. The number of halogens is 1. The number of likely N-dealkylation sites (tertiary alicyclic amines) is 1. The van der Waals surface area contributed by atoms with Gasteiger partial charge in [-0.3, -0.25) is 9.59 Å². The molecule has 1 atom stereocenters. The lowest BCUT2D eigenvalue weighted by Crippen LogP contribution is -2.33. The monoisotopic (exact) mass is 333 g/mol. The molecule has 0 aliphatic carbocycles. The Bertz CT molecular complexity index is 333. The second-order valence-electron chi connectivity index (χ2n) is 5.96. The van der Waals surface area contributed by atoms with Crippen molar-refractivity contribution in [2.75, 3.05) is 32.7 Å². The molecule has 22 heavy (non-hydrogen) atoms. The summed E-state index contributed by atoms with van der Waals surface area (Å²) in [5.74, 6) is 0.823. The van der Waals surface area contributed by atoms with E-state index in [4.69, 9.17) is 5.73 Å². The minimum atomic E-state index is 0. The zero-order valence-electron chi connectivity index (χ0n) is 14.1. The Kier molecular flexibility index (Phi) is 11.3. The van der Waals surface area contributed by atoms with Crippen molar-refractivity contribution in [2.45, 2.75) is 52.4 Å². The van der Waals surface area contributed by atoms with Crippen LogP contribution < -0.4 is 5.73 Å². The molecular formula is C16H32ClN3O2. The molecule has 0 aromatic heterocycles. The second kappa shape index (κ2) is 11.7. The van der Waals surface area contributed by atoms with Crippen LogP contribution in [0.5, 0.6) is 0 Å². The summed E-state index contributed by atoms with van der Waals surface area (Å²) in [6.07, 6.45) is 4.61. The van der Waals surface area contributed by atoms with Crippen molar-refractivity contribution in [3.05, 3.63) is 0 Å². The van der Waals surface area contributed by atoms with Gasteiger partial charge < -0.3 is 15.5 Å². The molecule has 1 saturated heterocycles. The minimum Gasteiger partial charge on any atom is -0.343 e. The fourth-order valence-corrected chi connectivity index (χ4v) is 2.86. The van der Waals surface area contributed by atoms with Crippen LogP contribution in [0.25, 0.3) is 0 Å². The Morgan fingerprint density at radius 1 is 1.18 bits per heavy atom. The molecule has 1 aliphatic heterocycles. The first kappa shape index (κ1) is 21.2. The zero-order chi connectivity index (χ0) is 15.7. The summed E-state index contributed by atoms with van der Waals surface area (Å²) in [7, 11) is 0. The van der Waals surface area contributed by atoms with E-state index in [0.717, 1.165) is 45.4 Å². The Morgan fingerprint density at radius 3 is 2.32 bits per heavy atom. The third-order valence-corrected chi connectivity index (χ3v) is 4.09. The normalized spacial score (nSPS) is 17.2. The van der Waals surface area contributed by atoms with Gasteiger partial charge in [0.1, 0.15) is 0 Å². The molecule has 130 valence electrons. The van der Waals surface area contributed by atoms with Crippen molar-refractivity contribution < 1.29 is 9.59 Å². The Morgan fingerprint density at radius 2 is 1.82 bits per heavy atom. The fourth-order valence-electron chi connectivity index (χ4n) is 2.86. The fraction of sp³-hybridized carbons (Fsp3) is 0.875. The van der Waals surface area contributed by atoms with Crippen LogP contribution in [0.1, 0.15) is 52.4 Å². The highest BCUT2D eigenvalue weighted by atomic mass is 35.5. The standard InChI is InChI=1S/C16H31N3O2.ClH/c1-3-9-18(10-4-2)15(20)6-5-7-16(21)19-11-8-14(12-17)13-19;/h14H,3-13,17H2,1-2H3;1H. The van der Waals surface area contributed by atoms with Gasteiger partial charge in [-0.1, -0.05) is 13.8 Å². The van der Waals surface area contributed by atoms with Crippen molar-refractivity contribution in [1.29, 1.82) is 0 Å². The summed E-state index contributed by atoms with van der Waals surface area (Å²) in [5.41, 5.74) is 5.64. The summed E-state index contributed by atoms with van der Waals surface area (Å²) < 4.78 is 0. The quantitative estimate of drug-likeness (QED) is 0.702. The molecule has 0 saturated carbocycles. The maximum Gasteiger partial charge on any atom is 0.222 e. The molecule has 1 fully saturated rings. The van der Waals surface area contributed by atoms with Gasteiger partial charge in [0.05, 0.1) is 0 Å². The SMILES string of the molecule is CCCN(CCC)C(=O)CCCC(=O)N1CCC(CN)C1.Cl. The topological polar surface area (TPSA) is 66.6 Å². The van der Waals surface area contributed by atoms with Crippen LogP contribution in [-0.2, 0) is 9.59 Å². The van der Waals surface area contributed by atoms with E-state index in [1.165, 1.54) is 0 Å². The molecule has 0 aromatic rings. The van der Waals surface area contributed by atoms with E-state index in [1.54, 1.807) is 0 Å². The first-order chi connectivity index (χ1) is 10.1. The summed E-state index contributed by atoms with van der Waals surface area (Å²) in [4.78, 5) is 28.0. The third-order valence-electron chi connectivity index (χ3n) is 4.09. The van der Waals surface area contributed by atoms with Crippen LogP contribution >= 0.6 is 12.4 Å². The van der Waals surface area contributed by atoms with E-state index in [-0.39, 0.29) is 24.2 Å². The maximum absolute atomic E-state index is 12.1. The first-order valence-corrected chi connectivity index (χ1v) is 8.37. The van der Waals surface area contributed by atoms with Crippen LogP contribution in [0.3, 0.4) is 0 Å². The highest BCUT2D eigenvalue weighted by Crippen LogP contribution is 2.16. The van der Waals surface area contributed by atoms with E-state index in [0.29, 0.717) is 31.7 Å². The number of hydrogen-bond donors (Lipinski definition) is 1. The van der Waals surface area contributed by atoms with Crippen molar-refractivity contribution >= 4 is 24.2 Å². The summed E-state index contributed by atoms with van der Waals surface area (Å²) in [5, 5.41) is 0. The van der Waals surface area contributed by atoms with Gasteiger partial charge in [-0.2, -0.15) is 0 Å². The molecule has 1 aliphatic rings. The Labute approximate surface area is 141 Å². The lowest BCUT2D eigenvalue weighted by molar-refractivity contribution is -0.132. The molecule has 0 spiro atoms. The predicted octanol–water partition coefficient (Wildman–Crippen LogP) is 2.03. The highest BCUT2D eigenvalue weighted by molar-refractivity contribution is 5.85. The minimum absolute atomic E-state index is 0. The molecule has 1 rings (SSSR count). The maximum atomic E-state index is 12.1. The van der Waals surface area contributed by atoms with E-state index >= 15 is 0 Å². The molecule has 1 unspecified atom stereocenters. The number of rotatable bonds is 9. The van der Waals surface area contributed by atoms with Gasteiger partial charge in [-0.15, -0.1) is 12.4 Å². The van der Waals surface area contributed by atoms with Crippen molar-refractivity contribution in [3.63, 3.8) is 0 Å². The molecule has 2 N–H and O–H groups in total. The van der Waals surface area contributed by atoms with Crippen molar-refractivity contribution in [3.8, 4) is 0 Å². The lowest BCUT2D eigenvalue weighted by Gasteiger charge is -2.21. The summed E-state index contributed by atoms with van der Waals surface area (Å²) in [6.45, 7) is 8.09. The number of amides is 2. The second-order valence-corrected chi connectivity index (χ2v) is 5.96. The number of carbonyl (C=O) groups is 2. The predicted molar refractivity (Wildman–Crippen MR) is 92.0 cm³/mol. The van der Waals surface area contributed by atoms with Gasteiger partial charge in [0.25, 0.3) is 0 Å². The van der Waals surface area contributed by atoms with Crippen LogP contribution in [0.4, 0.5) is 0 Å². The van der Waals surface area contributed by atoms with Crippen molar-refractivity contribution in [1.82, 2.24) is 9.80 Å². The third kappa shape index (κ3) is 6.97. The zero-order valence-corrected chi connectivity index (χ0v) is 14.9.